The van der Waals surface area contributed by atoms with Gasteiger partial charge in [-0.05, 0) is 20.5 Å². The first-order chi connectivity index (χ1) is 12.4. The summed E-state index contributed by atoms with van der Waals surface area (Å²) < 4.78 is 0. The Hall–Kier alpha value is -0.880. The molecule has 0 aromatic heterocycles. The van der Waals surface area contributed by atoms with E-state index in [0.717, 1.165) is 13.0 Å². The second-order valence-electron chi connectivity index (χ2n) is 7.54. The molecule has 0 aliphatic heterocycles. The average molecular weight is 377 g/mol. The number of hydrogen-bond acceptors (Lipinski definition) is 4. The highest BCUT2D eigenvalue weighted by molar-refractivity contribution is 4.59. The Bertz CT molecular complexity index is 285. The van der Waals surface area contributed by atoms with Gasteiger partial charge in [0.2, 0.25) is 0 Å². The van der Waals surface area contributed by atoms with Crippen molar-refractivity contribution in [2.75, 3.05) is 20.6 Å². The minimum absolute atomic E-state index is 0.132. The smallest absolute Gasteiger partial charge is 0.291 e. The van der Waals surface area contributed by atoms with E-state index in [-0.39, 0.29) is 6.10 Å². The van der Waals surface area contributed by atoms with Gasteiger partial charge in [0.25, 0.3) is 5.09 Å². The molecule has 0 rings (SSSR count). The van der Waals surface area contributed by atoms with E-state index in [1.54, 1.807) is 0 Å². The van der Waals surface area contributed by atoms with Crippen LogP contribution in [0.2, 0.25) is 0 Å². The fourth-order valence-electron chi connectivity index (χ4n) is 3.09. The first-order valence-corrected chi connectivity index (χ1v) is 10.6. The van der Waals surface area contributed by atoms with E-state index >= 15 is 0 Å². The summed E-state index contributed by atoms with van der Waals surface area (Å²) >= 11 is 0. The Morgan fingerprint density at radius 2 is 1.12 bits per heavy atom. The number of aliphatic hydroxyl groups is 1. The largest absolute Gasteiger partial charge is 0.392 e. The molecule has 0 aromatic rings. The zero-order chi connectivity index (χ0) is 20.0. The Morgan fingerprint density at radius 1 is 0.808 bits per heavy atom. The van der Waals surface area contributed by atoms with Gasteiger partial charge in [0.05, 0.1) is 6.10 Å². The second-order valence-corrected chi connectivity index (χ2v) is 7.54. The van der Waals surface area contributed by atoms with Crippen molar-refractivity contribution in [1.29, 1.82) is 0 Å². The number of aliphatic hydroxyl groups excluding tert-OH is 1. The monoisotopic (exact) mass is 376 g/mol. The topological polar surface area (TPSA) is 86.8 Å². The van der Waals surface area contributed by atoms with Crippen molar-refractivity contribution < 1.29 is 15.4 Å². The molecule has 0 saturated heterocycles. The highest BCUT2D eigenvalue weighted by Crippen LogP contribution is 2.13. The maximum Gasteiger partial charge on any atom is 0.291 e. The molecule has 26 heavy (non-hydrogen) atoms. The third-order valence-corrected chi connectivity index (χ3v) is 4.47. The SMILES string of the molecule is CCCCCCCCCCCCCCCCC(O)CN(C)C.O=[N+]([O-])O. The molecular weight excluding hydrogens is 332 g/mol. The lowest BCUT2D eigenvalue weighted by molar-refractivity contribution is -0.742. The molecule has 1 atom stereocenters. The number of rotatable bonds is 17. The molecule has 0 aromatic carbocycles. The second kappa shape index (κ2) is 22.2. The van der Waals surface area contributed by atoms with E-state index in [1.165, 1.54) is 89.9 Å². The molecule has 1 unspecified atom stereocenters. The molecule has 6 nitrogen and oxygen atoms in total. The van der Waals surface area contributed by atoms with Gasteiger partial charge >= 0.3 is 0 Å². The van der Waals surface area contributed by atoms with Crippen LogP contribution in [0.25, 0.3) is 0 Å². The van der Waals surface area contributed by atoms with Gasteiger partial charge < -0.3 is 15.2 Å². The number of likely N-dealkylation sites (N-methyl/N-ethyl adjacent to an activating group) is 1. The normalized spacial score (nSPS) is 11.9. The van der Waals surface area contributed by atoms with Crippen LogP contribution in [0.4, 0.5) is 0 Å². The molecule has 0 amide bonds. The minimum Gasteiger partial charge on any atom is -0.392 e. The fraction of sp³-hybridized carbons (Fsp3) is 1.00. The predicted octanol–water partition coefficient (Wildman–Crippen LogP) is 5.43. The van der Waals surface area contributed by atoms with Gasteiger partial charge in [-0.15, -0.1) is 10.1 Å². The van der Waals surface area contributed by atoms with E-state index < -0.39 is 5.09 Å². The van der Waals surface area contributed by atoms with Crippen molar-refractivity contribution in [3.05, 3.63) is 10.1 Å². The van der Waals surface area contributed by atoms with Crippen LogP contribution in [0.3, 0.4) is 0 Å². The van der Waals surface area contributed by atoms with Gasteiger partial charge in [0.15, 0.2) is 0 Å². The first-order valence-electron chi connectivity index (χ1n) is 10.6. The Labute approximate surface area is 161 Å². The van der Waals surface area contributed by atoms with E-state index in [1.807, 2.05) is 14.1 Å². The molecule has 158 valence electrons. The van der Waals surface area contributed by atoms with Crippen LogP contribution in [0.15, 0.2) is 0 Å². The molecule has 0 heterocycles. The number of unbranched alkanes of at least 4 members (excludes halogenated alkanes) is 13. The van der Waals surface area contributed by atoms with Crippen LogP contribution in [0, 0.1) is 10.1 Å². The molecule has 0 aliphatic carbocycles. The highest BCUT2D eigenvalue weighted by atomic mass is 16.9. The molecule has 0 spiro atoms. The molecule has 0 bridgehead atoms. The van der Waals surface area contributed by atoms with Crippen molar-refractivity contribution in [3.8, 4) is 0 Å². The van der Waals surface area contributed by atoms with E-state index in [0.29, 0.717) is 0 Å². The minimum atomic E-state index is -1.50. The van der Waals surface area contributed by atoms with Crippen LogP contribution in [0.5, 0.6) is 0 Å². The molecular formula is C20H44N2O4. The van der Waals surface area contributed by atoms with Gasteiger partial charge in [-0.2, -0.15) is 0 Å². The molecule has 0 saturated carbocycles. The summed E-state index contributed by atoms with van der Waals surface area (Å²) in [6.45, 7) is 3.09. The number of hydrogen-bond donors (Lipinski definition) is 2. The zero-order valence-corrected chi connectivity index (χ0v) is 17.5. The van der Waals surface area contributed by atoms with Crippen molar-refractivity contribution in [3.63, 3.8) is 0 Å². The molecule has 0 radical (unpaired) electrons. The van der Waals surface area contributed by atoms with E-state index in [2.05, 4.69) is 11.8 Å². The third-order valence-electron chi connectivity index (χ3n) is 4.47. The van der Waals surface area contributed by atoms with Crippen molar-refractivity contribution in [1.82, 2.24) is 4.90 Å². The van der Waals surface area contributed by atoms with Gasteiger partial charge in [0.1, 0.15) is 0 Å². The van der Waals surface area contributed by atoms with Crippen LogP contribution >= 0.6 is 0 Å². The summed E-state index contributed by atoms with van der Waals surface area (Å²) in [5, 5.41) is 23.4. The molecule has 6 heteroatoms. The lowest BCUT2D eigenvalue weighted by Crippen LogP contribution is -2.25. The van der Waals surface area contributed by atoms with Crippen LogP contribution in [-0.2, 0) is 0 Å². The van der Waals surface area contributed by atoms with Gasteiger partial charge in [-0.25, -0.2) is 0 Å². The van der Waals surface area contributed by atoms with Crippen LogP contribution in [-0.4, -0.2) is 47.0 Å². The lowest BCUT2D eigenvalue weighted by atomic mass is 10.0. The lowest BCUT2D eigenvalue weighted by Gasteiger charge is -2.15. The Morgan fingerprint density at radius 3 is 1.42 bits per heavy atom. The van der Waals surface area contributed by atoms with Gasteiger partial charge in [-0.3, -0.25) is 0 Å². The van der Waals surface area contributed by atoms with Crippen molar-refractivity contribution >= 4 is 0 Å². The van der Waals surface area contributed by atoms with Gasteiger partial charge in [0, 0.05) is 6.54 Å². The summed E-state index contributed by atoms with van der Waals surface area (Å²) in [6.07, 6.45) is 20.4. The van der Waals surface area contributed by atoms with Crippen LogP contribution in [0.1, 0.15) is 103 Å². The standard InChI is InChI=1S/C20H43NO.HNO3/c1-4-5-6-7-8-9-10-11-12-13-14-15-16-17-18-20(22)19-21(2)3;2-1(3)4/h20,22H,4-19H2,1-3H3;(H,2,3,4). The van der Waals surface area contributed by atoms with Crippen LogP contribution < -0.4 is 0 Å². The summed E-state index contributed by atoms with van der Waals surface area (Å²) in [5.74, 6) is 0. The Balaban J connectivity index is 0. The highest BCUT2D eigenvalue weighted by Gasteiger charge is 2.04. The zero-order valence-electron chi connectivity index (χ0n) is 17.5. The maximum atomic E-state index is 9.77. The fourth-order valence-corrected chi connectivity index (χ4v) is 3.09. The summed E-state index contributed by atoms with van der Waals surface area (Å²) in [7, 11) is 4.04. The predicted molar refractivity (Wildman–Crippen MR) is 108 cm³/mol. The van der Waals surface area contributed by atoms with Crippen molar-refractivity contribution in [2.24, 2.45) is 0 Å². The van der Waals surface area contributed by atoms with Crippen molar-refractivity contribution in [2.45, 2.75) is 109 Å². The molecule has 2 N–H and O–H groups in total. The quantitative estimate of drug-likeness (QED) is 0.201. The summed E-state index contributed by atoms with van der Waals surface area (Å²) in [5.41, 5.74) is 0. The summed E-state index contributed by atoms with van der Waals surface area (Å²) in [4.78, 5) is 10.4. The first kappa shape index (κ1) is 27.3. The van der Waals surface area contributed by atoms with Gasteiger partial charge in [-0.1, -0.05) is 96.8 Å². The average Bonchev–Trinajstić information content (AvgIpc) is 2.54. The summed E-state index contributed by atoms with van der Waals surface area (Å²) in [6, 6.07) is 0. The molecule has 0 aliphatic rings. The van der Waals surface area contributed by atoms with E-state index in [4.69, 9.17) is 15.3 Å². The Kier molecular flexibility index (Phi) is 23.3. The maximum absolute atomic E-state index is 9.77. The third kappa shape index (κ3) is 30.9. The number of nitrogens with zero attached hydrogens (tertiary/aromatic N) is 2. The molecule has 0 fully saturated rings. The van der Waals surface area contributed by atoms with E-state index in [9.17, 15) is 5.11 Å².